The van der Waals surface area contributed by atoms with E-state index in [4.69, 9.17) is 0 Å². The number of nitro benzene ring substituents is 1. The summed E-state index contributed by atoms with van der Waals surface area (Å²) in [7, 11) is 0. The van der Waals surface area contributed by atoms with Gasteiger partial charge in [0.25, 0.3) is 5.69 Å². The van der Waals surface area contributed by atoms with Crippen LogP contribution >= 0.6 is 0 Å². The molecule has 0 aliphatic rings. The van der Waals surface area contributed by atoms with Gasteiger partial charge < -0.3 is 5.32 Å². The number of rotatable bonds is 3. The Morgan fingerprint density at radius 2 is 1.94 bits per heavy atom. The van der Waals surface area contributed by atoms with Crippen molar-refractivity contribution in [3.05, 3.63) is 33.6 Å². The first kappa shape index (κ1) is 14.4. The first-order valence-corrected chi connectivity index (χ1v) is 5.84. The normalized spacial score (nSPS) is 13.2. The van der Waals surface area contributed by atoms with Gasteiger partial charge in [-0.15, -0.1) is 0 Å². The largest absolute Gasteiger partial charge is 0.377 e. The fourth-order valence-electron chi connectivity index (χ4n) is 1.39. The predicted octanol–water partition coefficient (Wildman–Crippen LogP) is 3.89. The molecule has 18 heavy (non-hydrogen) atoms. The van der Waals surface area contributed by atoms with Crippen molar-refractivity contribution in [2.75, 3.05) is 5.32 Å². The van der Waals surface area contributed by atoms with Crippen molar-refractivity contribution >= 4 is 11.4 Å². The van der Waals surface area contributed by atoms with Crippen molar-refractivity contribution < 1.29 is 9.31 Å². The third kappa shape index (κ3) is 3.18. The summed E-state index contributed by atoms with van der Waals surface area (Å²) in [5.41, 5.74) is 0.482. The maximum absolute atomic E-state index is 13.4. The zero-order chi connectivity index (χ0) is 14.1. The first-order chi connectivity index (χ1) is 8.12. The standard InChI is InChI=1S/C13H19FN2O2/c1-8-6-11(15-9(2)13(3,4)5)12(16(17)18)7-10(8)14/h6-7,9,15H,1-5H3. The minimum absolute atomic E-state index is 0.0288. The molecular weight excluding hydrogens is 235 g/mol. The van der Waals surface area contributed by atoms with E-state index in [1.165, 1.54) is 6.07 Å². The fourth-order valence-corrected chi connectivity index (χ4v) is 1.39. The smallest absolute Gasteiger partial charge is 0.295 e. The van der Waals surface area contributed by atoms with Gasteiger partial charge in [-0.3, -0.25) is 10.1 Å². The zero-order valence-electron chi connectivity index (χ0n) is 11.4. The van der Waals surface area contributed by atoms with Gasteiger partial charge in [-0.05, 0) is 30.9 Å². The van der Waals surface area contributed by atoms with Crippen LogP contribution in [0.5, 0.6) is 0 Å². The van der Waals surface area contributed by atoms with E-state index in [-0.39, 0.29) is 17.1 Å². The Morgan fingerprint density at radius 3 is 2.39 bits per heavy atom. The van der Waals surface area contributed by atoms with Crippen molar-refractivity contribution in [2.45, 2.75) is 40.7 Å². The number of benzene rings is 1. The maximum Gasteiger partial charge on any atom is 0.295 e. The highest BCUT2D eigenvalue weighted by molar-refractivity contribution is 5.63. The van der Waals surface area contributed by atoms with E-state index in [9.17, 15) is 14.5 Å². The van der Waals surface area contributed by atoms with Crippen LogP contribution in [-0.4, -0.2) is 11.0 Å². The Kier molecular flexibility index (Phi) is 3.94. The second kappa shape index (κ2) is 4.92. The van der Waals surface area contributed by atoms with Crippen LogP contribution in [0.3, 0.4) is 0 Å². The number of nitro groups is 1. The second-order valence-corrected chi connectivity index (χ2v) is 5.61. The van der Waals surface area contributed by atoms with E-state index in [1.54, 1.807) is 6.92 Å². The third-order valence-electron chi connectivity index (χ3n) is 3.14. The third-order valence-corrected chi connectivity index (χ3v) is 3.14. The molecular formula is C13H19FN2O2. The Hall–Kier alpha value is -1.65. The summed E-state index contributed by atoms with van der Waals surface area (Å²) in [5.74, 6) is -0.560. The topological polar surface area (TPSA) is 55.2 Å². The molecule has 1 aromatic rings. The second-order valence-electron chi connectivity index (χ2n) is 5.61. The molecule has 1 unspecified atom stereocenters. The van der Waals surface area contributed by atoms with Crippen LogP contribution in [0.25, 0.3) is 0 Å². The first-order valence-electron chi connectivity index (χ1n) is 5.84. The number of nitrogens with one attached hydrogen (secondary N) is 1. The molecule has 1 N–H and O–H groups in total. The summed E-state index contributed by atoms with van der Waals surface area (Å²) in [6, 6.07) is 2.48. The molecule has 0 fully saturated rings. The Bertz CT molecular complexity index is 467. The van der Waals surface area contributed by atoms with E-state index < -0.39 is 10.7 Å². The van der Waals surface area contributed by atoms with Crippen LogP contribution in [-0.2, 0) is 0 Å². The summed E-state index contributed by atoms with van der Waals surface area (Å²) in [5, 5.41) is 14.0. The highest BCUT2D eigenvalue weighted by atomic mass is 19.1. The molecule has 0 spiro atoms. The van der Waals surface area contributed by atoms with E-state index in [0.717, 1.165) is 6.07 Å². The van der Waals surface area contributed by atoms with Crippen molar-refractivity contribution in [2.24, 2.45) is 5.41 Å². The molecule has 0 aliphatic carbocycles. The van der Waals surface area contributed by atoms with Gasteiger partial charge in [0, 0.05) is 6.04 Å². The molecule has 1 rings (SSSR count). The highest BCUT2D eigenvalue weighted by Crippen LogP contribution is 2.31. The summed E-state index contributed by atoms with van der Waals surface area (Å²) >= 11 is 0. The Morgan fingerprint density at radius 1 is 1.39 bits per heavy atom. The van der Waals surface area contributed by atoms with E-state index in [0.29, 0.717) is 11.3 Å². The fraction of sp³-hybridized carbons (Fsp3) is 0.538. The van der Waals surface area contributed by atoms with Gasteiger partial charge >= 0.3 is 0 Å². The van der Waals surface area contributed by atoms with Crippen LogP contribution in [0.15, 0.2) is 12.1 Å². The monoisotopic (exact) mass is 254 g/mol. The molecule has 0 bridgehead atoms. The lowest BCUT2D eigenvalue weighted by atomic mass is 9.88. The van der Waals surface area contributed by atoms with Gasteiger partial charge in [0.1, 0.15) is 11.5 Å². The van der Waals surface area contributed by atoms with Crippen molar-refractivity contribution in [3.63, 3.8) is 0 Å². The number of nitrogens with zero attached hydrogens (tertiary/aromatic N) is 1. The molecule has 0 saturated heterocycles. The molecule has 0 amide bonds. The van der Waals surface area contributed by atoms with E-state index in [2.05, 4.69) is 5.32 Å². The number of hydrogen-bond donors (Lipinski definition) is 1. The number of hydrogen-bond acceptors (Lipinski definition) is 3. The van der Waals surface area contributed by atoms with Gasteiger partial charge in [-0.2, -0.15) is 0 Å². The van der Waals surface area contributed by atoms with Crippen LogP contribution in [0.1, 0.15) is 33.3 Å². The lowest BCUT2D eigenvalue weighted by Crippen LogP contribution is -2.31. The molecule has 1 aromatic carbocycles. The molecule has 4 nitrogen and oxygen atoms in total. The number of halogens is 1. The van der Waals surface area contributed by atoms with Gasteiger partial charge in [-0.25, -0.2) is 4.39 Å². The molecule has 100 valence electrons. The number of aryl methyl sites for hydroxylation is 1. The summed E-state index contributed by atoms with van der Waals surface area (Å²) < 4.78 is 13.4. The van der Waals surface area contributed by atoms with Gasteiger partial charge in [-0.1, -0.05) is 20.8 Å². The van der Waals surface area contributed by atoms with E-state index in [1.807, 2.05) is 27.7 Å². The van der Waals surface area contributed by atoms with Crippen LogP contribution in [0.2, 0.25) is 0 Å². The molecule has 0 heterocycles. The molecule has 1 atom stereocenters. The number of anilines is 1. The molecule has 0 aromatic heterocycles. The highest BCUT2D eigenvalue weighted by Gasteiger charge is 2.24. The van der Waals surface area contributed by atoms with Gasteiger partial charge in [0.2, 0.25) is 0 Å². The molecule has 5 heteroatoms. The molecule has 0 aliphatic heterocycles. The van der Waals surface area contributed by atoms with Crippen LogP contribution in [0.4, 0.5) is 15.8 Å². The van der Waals surface area contributed by atoms with Crippen molar-refractivity contribution in [1.82, 2.24) is 0 Å². The lowest BCUT2D eigenvalue weighted by Gasteiger charge is -2.29. The summed E-state index contributed by atoms with van der Waals surface area (Å²) in [4.78, 5) is 10.3. The molecule has 0 radical (unpaired) electrons. The van der Waals surface area contributed by atoms with E-state index >= 15 is 0 Å². The zero-order valence-corrected chi connectivity index (χ0v) is 11.4. The van der Waals surface area contributed by atoms with Crippen molar-refractivity contribution in [3.8, 4) is 0 Å². The maximum atomic E-state index is 13.4. The average molecular weight is 254 g/mol. The average Bonchev–Trinajstić information content (AvgIpc) is 2.21. The van der Waals surface area contributed by atoms with Crippen LogP contribution in [0, 0.1) is 28.3 Å². The van der Waals surface area contributed by atoms with Crippen molar-refractivity contribution in [1.29, 1.82) is 0 Å². The summed E-state index contributed by atoms with van der Waals surface area (Å²) in [6.45, 7) is 9.64. The Labute approximate surface area is 106 Å². The minimum Gasteiger partial charge on any atom is -0.377 e. The summed E-state index contributed by atoms with van der Waals surface area (Å²) in [6.07, 6.45) is 0. The predicted molar refractivity (Wildman–Crippen MR) is 70.3 cm³/mol. The van der Waals surface area contributed by atoms with Crippen LogP contribution < -0.4 is 5.32 Å². The Balaban J connectivity index is 3.15. The molecule has 0 saturated carbocycles. The quantitative estimate of drug-likeness (QED) is 0.657. The SMILES string of the molecule is Cc1cc(NC(C)C(C)(C)C)c([N+](=O)[O-])cc1F. The lowest BCUT2D eigenvalue weighted by molar-refractivity contribution is -0.384. The van der Waals surface area contributed by atoms with Gasteiger partial charge in [0.15, 0.2) is 0 Å². The minimum atomic E-state index is -0.569. The van der Waals surface area contributed by atoms with Gasteiger partial charge in [0.05, 0.1) is 11.0 Å².